The summed E-state index contributed by atoms with van der Waals surface area (Å²) < 4.78 is 25.7. The number of aliphatic hydroxyl groups is 2. The Morgan fingerprint density at radius 1 is 1.20 bits per heavy atom. The van der Waals surface area contributed by atoms with Gasteiger partial charge in [0.15, 0.2) is 17.4 Å². The van der Waals surface area contributed by atoms with Crippen LogP contribution < -0.4 is 0 Å². The lowest BCUT2D eigenvalue weighted by Gasteiger charge is -2.16. The Kier molecular flexibility index (Phi) is 4.01. The van der Waals surface area contributed by atoms with Crippen LogP contribution in [-0.2, 0) is 0 Å². The van der Waals surface area contributed by atoms with E-state index in [1.54, 1.807) is 0 Å². The summed E-state index contributed by atoms with van der Waals surface area (Å²) in [5, 5.41) is 27.5. The summed E-state index contributed by atoms with van der Waals surface area (Å²) in [6.45, 7) is 0. The number of aliphatic hydroxyl groups excluding tert-OH is 2. The smallest absolute Gasteiger partial charge is 0.187 e. The van der Waals surface area contributed by atoms with Gasteiger partial charge < -0.3 is 15.3 Å². The van der Waals surface area contributed by atoms with Gasteiger partial charge in [-0.2, -0.15) is 0 Å². The van der Waals surface area contributed by atoms with Gasteiger partial charge in [-0.3, -0.25) is 0 Å². The van der Waals surface area contributed by atoms with Crippen molar-refractivity contribution in [1.29, 1.82) is 0 Å². The molecule has 0 aliphatic heterocycles. The molecule has 2 atom stereocenters. The Hall–Kier alpha value is -0.720. The van der Waals surface area contributed by atoms with E-state index < -0.39 is 29.6 Å². The lowest BCUT2D eigenvalue weighted by molar-refractivity contribution is 0.0338. The minimum absolute atomic E-state index is 0.0677. The summed E-state index contributed by atoms with van der Waals surface area (Å²) in [5.74, 6) is -3.45. The van der Waals surface area contributed by atoms with Crippen molar-refractivity contribution in [3.05, 3.63) is 29.3 Å². The Balaban J connectivity index is 3.06. The number of halogens is 3. The first-order valence-electron chi connectivity index (χ1n) is 4.07. The Morgan fingerprint density at radius 3 is 2.07 bits per heavy atom. The van der Waals surface area contributed by atoms with Crippen LogP contribution in [0, 0.1) is 11.6 Å². The average molecular weight is 283 g/mol. The monoisotopic (exact) mass is 282 g/mol. The van der Waals surface area contributed by atoms with Gasteiger partial charge in [-0.1, -0.05) is 15.9 Å². The zero-order valence-electron chi connectivity index (χ0n) is 7.49. The number of benzene rings is 1. The molecule has 3 nitrogen and oxygen atoms in total. The van der Waals surface area contributed by atoms with Gasteiger partial charge in [0.1, 0.15) is 6.10 Å². The van der Waals surface area contributed by atoms with Crippen molar-refractivity contribution in [1.82, 2.24) is 0 Å². The lowest BCUT2D eigenvalue weighted by atomic mass is 10.0. The molecule has 84 valence electrons. The maximum Gasteiger partial charge on any atom is 0.187 e. The van der Waals surface area contributed by atoms with Gasteiger partial charge in [-0.05, 0) is 17.7 Å². The molecule has 0 radical (unpaired) electrons. The highest BCUT2D eigenvalue weighted by Gasteiger charge is 2.20. The second kappa shape index (κ2) is 4.87. The molecule has 6 heteroatoms. The molecule has 0 saturated carbocycles. The van der Waals surface area contributed by atoms with E-state index in [1.165, 1.54) is 0 Å². The zero-order chi connectivity index (χ0) is 11.6. The normalized spacial score (nSPS) is 15.0. The van der Waals surface area contributed by atoms with Gasteiger partial charge in [0, 0.05) is 5.33 Å². The third kappa shape index (κ3) is 2.64. The topological polar surface area (TPSA) is 60.7 Å². The molecule has 0 aliphatic carbocycles. The third-order valence-electron chi connectivity index (χ3n) is 1.90. The van der Waals surface area contributed by atoms with E-state index in [2.05, 4.69) is 15.9 Å². The van der Waals surface area contributed by atoms with Gasteiger partial charge >= 0.3 is 0 Å². The molecule has 1 aromatic carbocycles. The molecule has 0 amide bonds. The standard InChI is InChI=1S/C9H9BrF2O3/c10-3-7(13)8(14)4-1-5(11)9(15)6(12)2-4/h1-2,7-8,13-15H,3H2. The summed E-state index contributed by atoms with van der Waals surface area (Å²) in [6, 6.07) is 1.55. The van der Waals surface area contributed by atoms with Crippen LogP contribution in [0.2, 0.25) is 0 Å². The van der Waals surface area contributed by atoms with Gasteiger partial charge in [0.05, 0.1) is 6.10 Å². The molecular formula is C9H9BrF2O3. The maximum absolute atomic E-state index is 12.9. The van der Waals surface area contributed by atoms with Crippen LogP contribution in [0.5, 0.6) is 5.75 Å². The highest BCUT2D eigenvalue weighted by molar-refractivity contribution is 9.09. The van der Waals surface area contributed by atoms with Gasteiger partial charge in [-0.25, -0.2) is 8.78 Å². The number of hydrogen-bond donors (Lipinski definition) is 3. The molecule has 0 fully saturated rings. The molecule has 0 saturated heterocycles. The van der Waals surface area contributed by atoms with E-state index in [0.29, 0.717) is 0 Å². The predicted molar refractivity (Wildman–Crippen MR) is 52.8 cm³/mol. The van der Waals surface area contributed by atoms with E-state index >= 15 is 0 Å². The Bertz CT molecular complexity index is 336. The number of hydrogen-bond acceptors (Lipinski definition) is 3. The van der Waals surface area contributed by atoms with Crippen LogP contribution in [0.15, 0.2) is 12.1 Å². The lowest BCUT2D eigenvalue weighted by Crippen LogP contribution is -2.19. The molecule has 0 aromatic heterocycles. The molecule has 15 heavy (non-hydrogen) atoms. The molecular weight excluding hydrogens is 274 g/mol. The van der Waals surface area contributed by atoms with E-state index in [0.717, 1.165) is 12.1 Å². The average Bonchev–Trinajstić information content (AvgIpc) is 2.23. The first-order valence-corrected chi connectivity index (χ1v) is 5.19. The fraction of sp³-hybridized carbons (Fsp3) is 0.333. The zero-order valence-corrected chi connectivity index (χ0v) is 9.08. The SMILES string of the molecule is Oc1c(F)cc(C(O)C(O)CBr)cc1F. The number of phenols is 1. The molecule has 1 rings (SSSR count). The van der Waals surface area contributed by atoms with E-state index in [-0.39, 0.29) is 10.9 Å². The van der Waals surface area contributed by atoms with E-state index in [1.807, 2.05) is 0 Å². The molecule has 1 aromatic rings. The number of aromatic hydroxyl groups is 1. The van der Waals surface area contributed by atoms with Crippen molar-refractivity contribution in [3.63, 3.8) is 0 Å². The minimum atomic E-state index is -1.41. The van der Waals surface area contributed by atoms with Crippen molar-refractivity contribution in [2.24, 2.45) is 0 Å². The maximum atomic E-state index is 12.9. The van der Waals surface area contributed by atoms with Crippen LogP contribution in [0.1, 0.15) is 11.7 Å². The molecule has 0 heterocycles. The predicted octanol–water partition coefficient (Wildman–Crippen LogP) is 1.46. The summed E-state index contributed by atoms with van der Waals surface area (Å²) >= 11 is 2.92. The summed E-state index contributed by atoms with van der Waals surface area (Å²) in [7, 11) is 0. The largest absolute Gasteiger partial charge is 0.503 e. The van der Waals surface area contributed by atoms with Crippen LogP contribution in [-0.4, -0.2) is 26.8 Å². The molecule has 0 spiro atoms. The van der Waals surface area contributed by atoms with Crippen molar-refractivity contribution in [3.8, 4) is 5.75 Å². The second-order valence-electron chi connectivity index (χ2n) is 3.00. The number of alkyl halides is 1. The van der Waals surface area contributed by atoms with Crippen LogP contribution in [0.25, 0.3) is 0 Å². The van der Waals surface area contributed by atoms with Gasteiger partial charge in [0.2, 0.25) is 0 Å². The second-order valence-corrected chi connectivity index (χ2v) is 3.65. The highest BCUT2D eigenvalue weighted by Crippen LogP contribution is 2.26. The van der Waals surface area contributed by atoms with Crippen molar-refractivity contribution < 1.29 is 24.1 Å². The van der Waals surface area contributed by atoms with E-state index in [9.17, 15) is 19.0 Å². The number of phenolic OH excluding ortho intramolecular Hbond substituents is 1. The molecule has 0 aliphatic rings. The number of rotatable bonds is 3. The summed E-state index contributed by atoms with van der Waals surface area (Å²) in [4.78, 5) is 0. The Labute approximate surface area is 93.1 Å². The van der Waals surface area contributed by atoms with E-state index in [4.69, 9.17) is 5.11 Å². The first kappa shape index (κ1) is 12.4. The fourth-order valence-electron chi connectivity index (χ4n) is 1.06. The highest BCUT2D eigenvalue weighted by atomic mass is 79.9. The van der Waals surface area contributed by atoms with Crippen molar-refractivity contribution in [2.45, 2.75) is 12.2 Å². The molecule has 2 unspecified atom stereocenters. The van der Waals surface area contributed by atoms with Crippen molar-refractivity contribution >= 4 is 15.9 Å². The van der Waals surface area contributed by atoms with Crippen molar-refractivity contribution in [2.75, 3.05) is 5.33 Å². The first-order chi connectivity index (χ1) is 6.97. The molecule has 3 N–H and O–H groups in total. The van der Waals surface area contributed by atoms with Crippen LogP contribution in [0.3, 0.4) is 0 Å². The minimum Gasteiger partial charge on any atom is -0.503 e. The van der Waals surface area contributed by atoms with Crippen LogP contribution >= 0.6 is 15.9 Å². The third-order valence-corrected chi connectivity index (χ3v) is 2.57. The van der Waals surface area contributed by atoms with Gasteiger partial charge in [-0.15, -0.1) is 0 Å². The summed E-state index contributed by atoms with van der Waals surface area (Å²) in [5.41, 5.74) is -0.130. The van der Waals surface area contributed by atoms with Gasteiger partial charge in [0.25, 0.3) is 0 Å². The summed E-state index contributed by atoms with van der Waals surface area (Å²) in [6.07, 6.45) is -2.58. The fourth-order valence-corrected chi connectivity index (χ4v) is 1.42. The Morgan fingerprint density at radius 2 is 1.67 bits per heavy atom. The molecule has 0 bridgehead atoms. The quantitative estimate of drug-likeness (QED) is 0.736. The van der Waals surface area contributed by atoms with Crippen LogP contribution in [0.4, 0.5) is 8.78 Å².